The van der Waals surface area contributed by atoms with E-state index in [0.717, 1.165) is 0 Å². The van der Waals surface area contributed by atoms with Crippen LogP contribution in [0.25, 0.3) is 0 Å². The maximum absolute atomic E-state index is 0. The molecule has 7 nitrogen and oxygen atoms in total. The second-order valence-corrected chi connectivity index (χ2v) is 0. The van der Waals surface area contributed by atoms with Gasteiger partial charge in [-0.3, -0.25) is 0 Å². The Bertz CT molecular complexity index is 14.4. The van der Waals surface area contributed by atoms with Crippen LogP contribution < -0.4 is 0 Å². The Labute approximate surface area is 154 Å². The van der Waals surface area contributed by atoms with Gasteiger partial charge in [0.15, 0.2) is 0 Å². The van der Waals surface area contributed by atoms with Gasteiger partial charge in [-0.05, 0) is 0 Å². The Balaban J connectivity index is 0. The van der Waals surface area contributed by atoms with Gasteiger partial charge < -0.3 is 38.3 Å². The zero-order chi connectivity index (χ0) is 0. The van der Waals surface area contributed by atoms with Crippen molar-refractivity contribution in [1.82, 2.24) is 0 Å². The van der Waals surface area contributed by atoms with E-state index in [1.165, 1.54) is 0 Å². The molecule has 0 unspecified atom stereocenters. The zero-order valence-corrected chi connectivity index (χ0v) is 16.0. The molecule has 0 radical (unpaired) electrons. The normalized spacial score (nSPS) is 0. The van der Waals surface area contributed by atoms with Gasteiger partial charge in [0.05, 0.1) is 0 Å². The molecule has 0 fully saturated rings. The summed E-state index contributed by atoms with van der Waals surface area (Å²) < 4.78 is 0. The monoisotopic (exact) mass is 782 g/mol. The van der Waals surface area contributed by atoms with Crippen LogP contribution in [0, 0.1) is 79.9 Å². The SMILES string of the molecule is [O-2].[O-2].[O-2].[O-2].[O-2].[O-2].[O-2].[Rh+3].[Rh+3].[Th+4].[Th+4]. The van der Waals surface area contributed by atoms with E-state index in [2.05, 4.69) is 0 Å². The van der Waals surface area contributed by atoms with Gasteiger partial charge in [0.25, 0.3) is 0 Å². The van der Waals surface area contributed by atoms with Crippen LogP contribution in [0.2, 0.25) is 0 Å². The van der Waals surface area contributed by atoms with Crippen LogP contribution in [0.5, 0.6) is 0 Å². The molecule has 0 atom stereocenters. The number of hydrogen-bond acceptors (Lipinski definition) is 0. The first-order valence-corrected chi connectivity index (χ1v) is 0. The summed E-state index contributed by atoms with van der Waals surface area (Å²) in [7, 11) is 0. The Hall–Kier alpha value is 3.62. The smallest absolute Gasteiger partial charge is 2.00 e. The average molecular weight is 782 g/mol. The second kappa shape index (κ2) is 166. The molecule has 0 rings (SSSR count). The van der Waals surface area contributed by atoms with E-state index >= 15 is 0 Å². The predicted molar refractivity (Wildman–Crippen MR) is 4.81 cm³/mol. The number of hydrogen-bond donors (Lipinski definition) is 0. The topological polar surface area (TPSA) is 200 Å². The Kier molecular flexibility index (Phi) is 3120. The van der Waals surface area contributed by atoms with Crippen LogP contribution in [0.4, 0.5) is 0 Å². The molecule has 0 aliphatic heterocycles. The average Bonchev–Trinajstić information content (AvgIpc) is 0. The quantitative estimate of drug-likeness (QED) is 0.277. The maximum atomic E-state index is 0. The zero-order valence-electron chi connectivity index (χ0n) is 4.52. The van der Waals surface area contributed by atoms with Crippen LogP contribution >= 0.6 is 0 Å². The molecule has 0 aromatic heterocycles. The molecular weight excluding hydrogens is 782 g/mol. The molecule has 0 N–H and O–H groups in total. The van der Waals surface area contributed by atoms with Crippen molar-refractivity contribution in [2.45, 2.75) is 0 Å². The third-order valence-electron chi connectivity index (χ3n) is 0. The van der Waals surface area contributed by atoms with Crippen molar-refractivity contribution in [2.24, 2.45) is 0 Å². The van der Waals surface area contributed by atoms with Crippen LogP contribution in [0.1, 0.15) is 0 Å². The third kappa shape index (κ3) is 141. The van der Waals surface area contributed by atoms with Crippen molar-refractivity contribution in [3.8, 4) is 0 Å². The Morgan fingerprint density at radius 1 is 0.273 bits per heavy atom. The van der Waals surface area contributed by atoms with Crippen molar-refractivity contribution >= 4 is 0 Å². The Morgan fingerprint density at radius 3 is 0.273 bits per heavy atom. The van der Waals surface area contributed by atoms with Crippen LogP contribution in [-0.2, 0) is 77.3 Å². The van der Waals surface area contributed by atoms with Gasteiger partial charge in [-0.25, -0.2) is 0 Å². The van der Waals surface area contributed by atoms with Crippen molar-refractivity contribution in [2.75, 3.05) is 0 Å². The van der Waals surface area contributed by atoms with E-state index in [0.29, 0.717) is 0 Å². The first kappa shape index (κ1) is 207. The van der Waals surface area contributed by atoms with Gasteiger partial charge in [0.1, 0.15) is 0 Å². The van der Waals surface area contributed by atoms with Crippen molar-refractivity contribution < 1.29 is 157 Å². The fourth-order valence-electron chi connectivity index (χ4n) is 0. The first-order valence-electron chi connectivity index (χ1n) is 0. The largest absolute Gasteiger partial charge is 4.00 e. The van der Waals surface area contributed by atoms with E-state index in [1.54, 1.807) is 0 Å². The molecule has 11 heteroatoms. The van der Waals surface area contributed by atoms with Crippen molar-refractivity contribution in [3.05, 3.63) is 0 Å². The molecule has 0 heterocycles. The van der Waals surface area contributed by atoms with Gasteiger partial charge in [-0.15, -0.1) is 0 Å². The van der Waals surface area contributed by atoms with E-state index in [9.17, 15) is 0 Å². The molecular formula is O7Rh2Th2. The molecule has 0 bridgehead atoms. The fourth-order valence-corrected chi connectivity index (χ4v) is 0. The standard InChI is InChI=1S/7O.2Rh.2Th/q7*-2;2*+3;2*+4. The summed E-state index contributed by atoms with van der Waals surface area (Å²) in [6.45, 7) is 0. The van der Waals surface area contributed by atoms with Gasteiger partial charge in [-0.1, -0.05) is 0 Å². The molecule has 0 aromatic carbocycles. The van der Waals surface area contributed by atoms with Gasteiger partial charge >= 0.3 is 119 Å². The number of rotatable bonds is 0. The molecule has 0 saturated carbocycles. The minimum atomic E-state index is 0. The molecule has 0 aromatic rings. The van der Waals surface area contributed by atoms with Crippen LogP contribution in [0.15, 0.2) is 0 Å². The summed E-state index contributed by atoms with van der Waals surface area (Å²) in [5.41, 5.74) is 0. The van der Waals surface area contributed by atoms with Gasteiger partial charge in [0.2, 0.25) is 0 Å². The van der Waals surface area contributed by atoms with Gasteiger partial charge in [-0.2, -0.15) is 0 Å². The van der Waals surface area contributed by atoms with Crippen LogP contribution in [-0.4, -0.2) is 0 Å². The summed E-state index contributed by atoms with van der Waals surface area (Å²) in [4.78, 5) is 0. The molecule has 0 spiro atoms. The van der Waals surface area contributed by atoms with Crippen molar-refractivity contribution in [1.29, 1.82) is 0 Å². The molecule has 0 aliphatic carbocycles. The molecule has 0 aliphatic rings. The fraction of sp³-hybridized carbons (Fsp3) is 0. The second-order valence-electron chi connectivity index (χ2n) is 0. The van der Waals surface area contributed by atoms with Crippen molar-refractivity contribution in [3.63, 3.8) is 0 Å². The molecule has 68 valence electrons. The summed E-state index contributed by atoms with van der Waals surface area (Å²) in [6.07, 6.45) is 0. The summed E-state index contributed by atoms with van der Waals surface area (Å²) in [6, 6.07) is 0. The minimum Gasteiger partial charge on any atom is -2.00 e. The molecule has 11 heavy (non-hydrogen) atoms. The predicted octanol–water partition coefficient (Wildman–Crippen LogP) is -0.837. The third-order valence-corrected chi connectivity index (χ3v) is 0. The van der Waals surface area contributed by atoms with E-state index < -0.39 is 0 Å². The minimum absolute atomic E-state index is 0. The Morgan fingerprint density at radius 2 is 0.273 bits per heavy atom. The first-order chi connectivity index (χ1) is 0. The maximum Gasteiger partial charge on any atom is 4.00 e. The van der Waals surface area contributed by atoms with E-state index in [1.807, 2.05) is 0 Å². The summed E-state index contributed by atoms with van der Waals surface area (Å²) in [5.74, 6) is 0. The summed E-state index contributed by atoms with van der Waals surface area (Å²) in [5, 5.41) is 0. The summed E-state index contributed by atoms with van der Waals surface area (Å²) >= 11 is 0. The van der Waals surface area contributed by atoms with Crippen LogP contribution in [0.3, 0.4) is 0 Å². The van der Waals surface area contributed by atoms with E-state index in [-0.39, 0.29) is 157 Å². The van der Waals surface area contributed by atoms with E-state index in [4.69, 9.17) is 0 Å². The molecule has 0 amide bonds. The molecule has 0 saturated heterocycles. The van der Waals surface area contributed by atoms with Gasteiger partial charge in [0, 0.05) is 0 Å².